The molecule has 0 bridgehead atoms. The van der Waals surface area contributed by atoms with Crippen LogP contribution in [0.25, 0.3) is 0 Å². The number of thiazole rings is 1. The lowest BCUT2D eigenvalue weighted by Gasteiger charge is -2.05. The van der Waals surface area contributed by atoms with E-state index in [1.807, 2.05) is 12.1 Å². The van der Waals surface area contributed by atoms with Crippen molar-refractivity contribution in [3.63, 3.8) is 0 Å². The SMILES string of the molecule is COC(=O)c1sc(Nc2ccc(Cl)cc2I)nc1Cl. The molecule has 1 aromatic carbocycles. The van der Waals surface area contributed by atoms with Crippen molar-refractivity contribution in [3.8, 4) is 0 Å². The van der Waals surface area contributed by atoms with Gasteiger partial charge in [0.1, 0.15) is 0 Å². The van der Waals surface area contributed by atoms with Gasteiger partial charge in [0, 0.05) is 8.59 Å². The molecule has 0 aliphatic carbocycles. The fourth-order valence-electron chi connectivity index (χ4n) is 1.28. The van der Waals surface area contributed by atoms with Gasteiger partial charge < -0.3 is 10.1 Å². The van der Waals surface area contributed by atoms with Gasteiger partial charge in [0.15, 0.2) is 15.2 Å². The highest BCUT2D eigenvalue weighted by molar-refractivity contribution is 14.1. The minimum Gasteiger partial charge on any atom is -0.465 e. The zero-order valence-corrected chi connectivity index (χ0v) is 14.0. The summed E-state index contributed by atoms with van der Waals surface area (Å²) in [4.78, 5) is 15.8. The van der Waals surface area contributed by atoms with Crippen LogP contribution in [0.2, 0.25) is 10.2 Å². The van der Waals surface area contributed by atoms with Crippen molar-refractivity contribution in [1.82, 2.24) is 4.98 Å². The number of halogens is 3. The fraction of sp³-hybridized carbons (Fsp3) is 0.0909. The molecular formula is C11H7Cl2IN2O2S. The molecule has 4 nitrogen and oxygen atoms in total. The molecule has 0 spiro atoms. The lowest BCUT2D eigenvalue weighted by Crippen LogP contribution is -1.98. The molecule has 0 fully saturated rings. The third-order valence-corrected chi connectivity index (χ3v) is 4.59. The summed E-state index contributed by atoms with van der Waals surface area (Å²) in [6.45, 7) is 0. The number of hydrogen-bond donors (Lipinski definition) is 1. The molecule has 0 amide bonds. The number of methoxy groups -OCH3 is 1. The highest BCUT2D eigenvalue weighted by atomic mass is 127. The van der Waals surface area contributed by atoms with E-state index in [0.29, 0.717) is 10.2 Å². The zero-order valence-electron chi connectivity index (χ0n) is 9.54. The van der Waals surface area contributed by atoms with E-state index in [4.69, 9.17) is 23.2 Å². The second-order valence-electron chi connectivity index (χ2n) is 3.38. The summed E-state index contributed by atoms with van der Waals surface area (Å²) >= 11 is 15.1. The molecule has 8 heteroatoms. The smallest absolute Gasteiger partial charge is 0.351 e. The summed E-state index contributed by atoms with van der Waals surface area (Å²) in [5.74, 6) is -0.499. The number of carbonyl (C=O) groups is 1. The monoisotopic (exact) mass is 428 g/mol. The Hall–Kier alpha value is -0.570. The number of esters is 1. The molecule has 0 saturated heterocycles. The first-order valence-corrected chi connectivity index (χ1v) is 7.63. The van der Waals surface area contributed by atoms with E-state index in [1.54, 1.807) is 6.07 Å². The standard InChI is InChI=1S/C11H7Cl2IN2O2S/c1-18-10(17)8-9(13)16-11(19-8)15-7-3-2-5(12)4-6(7)14/h2-4H,1H3,(H,15,16). The number of nitrogens with one attached hydrogen (secondary N) is 1. The van der Waals surface area contributed by atoms with Crippen LogP contribution in [0, 0.1) is 3.57 Å². The second-order valence-corrected chi connectivity index (χ2v) is 6.34. The molecule has 1 heterocycles. The van der Waals surface area contributed by atoms with Crippen LogP contribution >= 0.6 is 57.1 Å². The number of nitrogens with zero attached hydrogens (tertiary/aromatic N) is 1. The van der Waals surface area contributed by atoms with Gasteiger partial charge in [-0.1, -0.05) is 34.5 Å². The van der Waals surface area contributed by atoms with E-state index < -0.39 is 5.97 Å². The van der Waals surface area contributed by atoms with E-state index in [-0.39, 0.29) is 10.0 Å². The highest BCUT2D eigenvalue weighted by Crippen LogP contribution is 2.31. The Morgan fingerprint density at radius 1 is 1.47 bits per heavy atom. The summed E-state index contributed by atoms with van der Waals surface area (Å²) in [6.07, 6.45) is 0. The maximum Gasteiger partial charge on any atom is 0.351 e. The van der Waals surface area contributed by atoms with Crippen molar-refractivity contribution >= 4 is 73.9 Å². The van der Waals surface area contributed by atoms with Crippen molar-refractivity contribution < 1.29 is 9.53 Å². The Kier molecular flexibility index (Phi) is 4.88. The van der Waals surface area contributed by atoms with Crippen LogP contribution < -0.4 is 5.32 Å². The van der Waals surface area contributed by atoms with Crippen LogP contribution in [0.5, 0.6) is 0 Å². The Labute approximate surface area is 137 Å². The highest BCUT2D eigenvalue weighted by Gasteiger charge is 2.17. The summed E-state index contributed by atoms with van der Waals surface area (Å²) < 4.78 is 5.56. The van der Waals surface area contributed by atoms with Gasteiger partial charge >= 0.3 is 5.97 Å². The molecule has 0 saturated carbocycles. The molecule has 0 radical (unpaired) electrons. The van der Waals surface area contributed by atoms with Crippen molar-refractivity contribution in [2.24, 2.45) is 0 Å². The van der Waals surface area contributed by atoms with Gasteiger partial charge in [-0.05, 0) is 40.8 Å². The van der Waals surface area contributed by atoms with Crippen LogP contribution in [-0.4, -0.2) is 18.1 Å². The molecule has 0 aliphatic heterocycles. The van der Waals surface area contributed by atoms with Crippen molar-refractivity contribution in [2.75, 3.05) is 12.4 Å². The number of carbonyl (C=O) groups excluding carboxylic acids is 1. The minimum absolute atomic E-state index is 0.128. The second kappa shape index (κ2) is 6.25. The topological polar surface area (TPSA) is 51.2 Å². The summed E-state index contributed by atoms with van der Waals surface area (Å²) in [6, 6.07) is 5.42. The summed E-state index contributed by atoms with van der Waals surface area (Å²) in [7, 11) is 1.30. The Balaban J connectivity index is 2.26. The van der Waals surface area contributed by atoms with Crippen molar-refractivity contribution in [1.29, 1.82) is 0 Å². The van der Waals surface area contributed by atoms with E-state index in [1.165, 1.54) is 7.11 Å². The summed E-state index contributed by atoms with van der Waals surface area (Å²) in [5.41, 5.74) is 0.840. The van der Waals surface area contributed by atoms with Crippen LogP contribution in [0.3, 0.4) is 0 Å². The van der Waals surface area contributed by atoms with E-state index >= 15 is 0 Å². The van der Waals surface area contributed by atoms with Crippen LogP contribution in [0.4, 0.5) is 10.8 Å². The average Bonchev–Trinajstić information content (AvgIpc) is 2.73. The third kappa shape index (κ3) is 3.50. The Morgan fingerprint density at radius 2 is 2.21 bits per heavy atom. The van der Waals surface area contributed by atoms with Crippen molar-refractivity contribution in [3.05, 3.63) is 36.8 Å². The Morgan fingerprint density at radius 3 is 2.84 bits per heavy atom. The van der Waals surface area contributed by atoms with Gasteiger partial charge in [0.25, 0.3) is 0 Å². The largest absolute Gasteiger partial charge is 0.465 e. The molecule has 1 N–H and O–H groups in total. The molecule has 0 aliphatic rings. The van der Waals surface area contributed by atoms with Gasteiger partial charge in [0.2, 0.25) is 0 Å². The minimum atomic E-state index is -0.499. The molecule has 2 rings (SSSR count). The van der Waals surface area contributed by atoms with Crippen LogP contribution in [0.1, 0.15) is 9.67 Å². The normalized spacial score (nSPS) is 10.3. The molecule has 0 atom stereocenters. The average molecular weight is 429 g/mol. The van der Waals surface area contributed by atoms with Crippen LogP contribution in [0.15, 0.2) is 18.2 Å². The predicted molar refractivity (Wildman–Crippen MR) is 85.9 cm³/mol. The first-order valence-electron chi connectivity index (χ1n) is 4.98. The number of aromatic nitrogens is 1. The molecular weight excluding hydrogens is 422 g/mol. The first-order chi connectivity index (χ1) is 9.01. The van der Waals surface area contributed by atoms with E-state index in [9.17, 15) is 4.79 Å². The quantitative estimate of drug-likeness (QED) is 0.574. The fourth-order valence-corrected chi connectivity index (χ4v) is 3.40. The van der Waals surface area contributed by atoms with Gasteiger partial charge in [-0.3, -0.25) is 0 Å². The molecule has 0 unspecified atom stereocenters. The molecule has 1 aromatic heterocycles. The van der Waals surface area contributed by atoms with Crippen LogP contribution in [-0.2, 0) is 4.74 Å². The molecule has 100 valence electrons. The van der Waals surface area contributed by atoms with Gasteiger partial charge in [-0.2, -0.15) is 0 Å². The number of benzene rings is 1. The summed E-state index contributed by atoms with van der Waals surface area (Å²) in [5, 5.41) is 4.39. The predicted octanol–water partition coefficient (Wildman–Crippen LogP) is 4.58. The lowest BCUT2D eigenvalue weighted by atomic mass is 10.3. The Bertz CT molecular complexity index is 633. The zero-order chi connectivity index (χ0) is 14.0. The van der Waals surface area contributed by atoms with E-state index in [0.717, 1.165) is 20.6 Å². The van der Waals surface area contributed by atoms with E-state index in [2.05, 4.69) is 37.6 Å². The lowest BCUT2D eigenvalue weighted by molar-refractivity contribution is 0.0606. The van der Waals surface area contributed by atoms with Crippen molar-refractivity contribution in [2.45, 2.75) is 0 Å². The molecule has 19 heavy (non-hydrogen) atoms. The maximum absolute atomic E-state index is 11.4. The van der Waals surface area contributed by atoms with Gasteiger partial charge in [-0.15, -0.1) is 0 Å². The third-order valence-electron chi connectivity index (χ3n) is 2.13. The van der Waals surface area contributed by atoms with Gasteiger partial charge in [0.05, 0.1) is 12.8 Å². The number of anilines is 2. The number of rotatable bonds is 3. The first kappa shape index (κ1) is 14.8. The molecule has 2 aromatic rings. The van der Waals surface area contributed by atoms with Gasteiger partial charge in [-0.25, -0.2) is 9.78 Å². The maximum atomic E-state index is 11.4. The number of ether oxygens (including phenoxy) is 1. The number of hydrogen-bond acceptors (Lipinski definition) is 5.